The second-order valence-corrected chi connectivity index (χ2v) is 4.28. The zero-order valence-corrected chi connectivity index (χ0v) is 7.13. The molecule has 1 fully saturated rings. The van der Waals surface area contributed by atoms with Gasteiger partial charge in [-0.15, -0.1) is 0 Å². The molecule has 0 spiro atoms. The topological polar surface area (TPSA) is 17.1 Å². The van der Waals surface area contributed by atoms with Gasteiger partial charge in [-0.1, -0.05) is 19.9 Å². The average Bonchev–Trinajstić information content (AvgIpc) is 2.04. The van der Waals surface area contributed by atoms with E-state index in [1.165, 1.54) is 6.42 Å². The van der Waals surface area contributed by atoms with Crippen molar-refractivity contribution < 1.29 is 4.79 Å². The maximum absolute atomic E-state index is 10.6. The van der Waals surface area contributed by atoms with Gasteiger partial charge >= 0.3 is 0 Å². The molecule has 0 aromatic carbocycles. The minimum Gasteiger partial charge on any atom is -0.298 e. The number of hydrogen-bond acceptors (Lipinski definition) is 1. The molecule has 3 unspecified atom stereocenters. The third-order valence-corrected chi connectivity index (χ3v) is 3.76. The van der Waals surface area contributed by atoms with Crippen LogP contribution in [0.1, 0.15) is 26.7 Å². The van der Waals surface area contributed by atoms with Crippen molar-refractivity contribution in [2.24, 2.45) is 17.3 Å². The molecule has 3 rings (SSSR count). The molecule has 1 saturated carbocycles. The van der Waals surface area contributed by atoms with Gasteiger partial charge in [0.1, 0.15) is 6.29 Å². The summed E-state index contributed by atoms with van der Waals surface area (Å²) in [6.45, 7) is 4.59. The van der Waals surface area contributed by atoms with Crippen molar-refractivity contribution in [2.75, 3.05) is 0 Å². The van der Waals surface area contributed by atoms with E-state index in [2.05, 4.69) is 19.9 Å². The standard InChI is InChI=1S/C10H14O/c1-7-9-5-10(7,2)4-3-8(9)6-11/h3,6-7,9H,4-5H2,1-2H3. The van der Waals surface area contributed by atoms with Crippen LogP contribution in [0, 0.1) is 17.3 Å². The van der Waals surface area contributed by atoms with Gasteiger partial charge in [0.05, 0.1) is 0 Å². The summed E-state index contributed by atoms with van der Waals surface area (Å²) in [5, 5.41) is 0. The number of carbonyl (C=O) groups is 1. The van der Waals surface area contributed by atoms with Gasteiger partial charge in [-0.25, -0.2) is 0 Å². The van der Waals surface area contributed by atoms with Gasteiger partial charge in [0, 0.05) is 0 Å². The predicted molar refractivity (Wildman–Crippen MR) is 44.1 cm³/mol. The van der Waals surface area contributed by atoms with Crippen LogP contribution in [-0.4, -0.2) is 6.29 Å². The molecule has 3 aliphatic rings. The van der Waals surface area contributed by atoms with Crippen LogP contribution in [0.3, 0.4) is 0 Å². The van der Waals surface area contributed by atoms with Crippen molar-refractivity contribution in [2.45, 2.75) is 26.7 Å². The summed E-state index contributed by atoms with van der Waals surface area (Å²) in [6, 6.07) is 0. The van der Waals surface area contributed by atoms with Gasteiger partial charge in [0.15, 0.2) is 0 Å². The highest BCUT2D eigenvalue weighted by Gasteiger charge is 2.50. The van der Waals surface area contributed by atoms with Crippen molar-refractivity contribution in [1.29, 1.82) is 0 Å². The lowest BCUT2D eigenvalue weighted by atomic mass is 9.49. The van der Waals surface area contributed by atoms with Crippen LogP contribution < -0.4 is 0 Å². The molecule has 0 aromatic heterocycles. The van der Waals surface area contributed by atoms with Crippen LogP contribution in [-0.2, 0) is 4.79 Å². The maximum atomic E-state index is 10.6. The van der Waals surface area contributed by atoms with E-state index in [9.17, 15) is 4.79 Å². The molecule has 0 heterocycles. The molecule has 0 N–H and O–H groups in total. The Balaban J connectivity index is 2.28. The maximum Gasteiger partial charge on any atom is 0.145 e. The third kappa shape index (κ3) is 0.741. The number of aldehydes is 1. The van der Waals surface area contributed by atoms with E-state index < -0.39 is 0 Å². The second kappa shape index (κ2) is 1.96. The minimum atomic E-state index is 0.525. The van der Waals surface area contributed by atoms with Crippen LogP contribution in [0.5, 0.6) is 0 Å². The summed E-state index contributed by atoms with van der Waals surface area (Å²) < 4.78 is 0. The lowest BCUT2D eigenvalue weighted by molar-refractivity contribution is -0.107. The molecule has 0 aliphatic heterocycles. The molecule has 0 aromatic rings. The van der Waals surface area contributed by atoms with Crippen molar-refractivity contribution in [1.82, 2.24) is 0 Å². The minimum absolute atomic E-state index is 0.525. The smallest absolute Gasteiger partial charge is 0.145 e. The fourth-order valence-electron chi connectivity index (χ4n) is 2.50. The first-order chi connectivity index (χ1) is 5.17. The number of allylic oxidation sites excluding steroid dienone is 2. The highest BCUT2D eigenvalue weighted by atomic mass is 16.1. The Bertz CT molecular complexity index is 229. The highest BCUT2D eigenvalue weighted by molar-refractivity contribution is 5.75. The van der Waals surface area contributed by atoms with Gasteiger partial charge in [0.25, 0.3) is 0 Å². The molecular formula is C10H14O. The van der Waals surface area contributed by atoms with Gasteiger partial charge in [-0.05, 0) is 35.7 Å². The van der Waals surface area contributed by atoms with Gasteiger partial charge < -0.3 is 0 Å². The molecule has 1 nitrogen and oxygen atoms in total. The van der Waals surface area contributed by atoms with Gasteiger partial charge in [-0.3, -0.25) is 4.79 Å². The number of carbonyl (C=O) groups excluding carboxylic acids is 1. The summed E-state index contributed by atoms with van der Waals surface area (Å²) >= 11 is 0. The van der Waals surface area contributed by atoms with Crippen LogP contribution >= 0.6 is 0 Å². The van der Waals surface area contributed by atoms with Crippen LogP contribution in [0.15, 0.2) is 11.6 Å². The molecule has 0 amide bonds. The molecule has 0 radical (unpaired) electrons. The third-order valence-electron chi connectivity index (χ3n) is 3.76. The lowest BCUT2D eigenvalue weighted by Crippen LogP contribution is -2.47. The van der Waals surface area contributed by atoms with E-state index in [-0.39, 0.29) is 0 Å². The molecule has 2 bridgehead atoms. The van der Waals surface area contributed by atoms with Crippen molar-refractivity contribution in [3.8, 4) is 0 Å². The van der Waals surface area contributed by atoms with E-state index >= 15 is 0 Å². The zero-order valence-electron chi connectivity index (χ0n) is 7.13. The van der Waals surface area contributed by atoms with E-state index in [1.54, 1.807) is 0 Å². The Labute approximate surface area is 67.5 Å². The Morgan fingerprint density at radius 2 is 2.45 bits per heavy atom. The van der Waals surface area contributed by atoms with Crippen LogP contribution in [0.25, 0.3) is 0 Å². The Morgan fingerprint density at radius 1 is 1.73 bits per heavy atom. The van der Waals surface area contributed by atoms with E-state index in [0.717, 1.165) is 24.2 Å². The Morgan fingerprint density at radius 3 is 2.91 bits per heavy atom. The Hall–Kier alpha value is -0.590. The predicted octanol–water partition coefficient (Wildman–Crippen LogP) is 2.18. The normalized spacial score (nSPS) is 47.6. The lowest BCUT2D eigenvalue weighted by Gasteiger charge is -2.55. The molecular weight excluding hydrogens is 136 g/mol. The van der Waals surface area contributed by atoms with Crippen molar-refractivity contribution in [3.63, 3.8) is 0 Å². The first-order valence-electron chi connectivity index (χ1n) is 4.32. The summed E-state index contributed by atoms with van der Waals surface area (Å²) in [5.41, 5.74) is 1.58. The van der Waals surface area contributed by atoms with E-state index in [4.69, 9.17) is 0 Å². The quantitative estimate of drug-likeness (QED) is 0.523. The average molecular weight is 150 g/mol. The van der Waals surface area contributed by atoms with Crippen molar-refractivity contribution in [3.05, 3.63) is 11.6 Å². The Kier molecular flexibility index (Phi) is 1.26. The molecule has 3 atom stereocenters. The number of fused-ring (bicyclic) bond motifs is 1. The fourth-order valence-corrected chi connectivity index (χ4v) is 2.50. The summed E-state index contributed by atoms with van der Waals surface area (Å²) in [5.74, 6) is 1.32. The molecule has 11 heavy (non-hydrogen) atoms. The van der Waals surface area contributed by atoms with E-state index in [0.29, 0.717) is 11.3 Å². The SMILES string of the molecule is CC1C2CC1(C)CC=C2C=O. The van der Waals surface area contributed by atoms with Crippen molar-refractivity contribution >= 4 is 6.29 Å². The molecule has 0 saturated heterocycles. The van der Waals surface area contributed by atoms with E-state index in [1.807, 2.05) is 0 Å². The van der Waals surface area contributed by atoms with Gasteiger partial charge in [-0.2, -0.15) is 0 Å². The second-order valence-electron chi connectivity index (χ2n) is 4.28. The fraction of sp³-hybridized carbons (Fsp3) is 0.700. The highest BCUT2D eigenvalue weighted by Crippen LogP contribution is 2.58. The van der Waals surface area contributed by atoms with Crippen LogP contribution in [0.4, 0.5) is 0 Å². The van der Waals surface area contributed by atoms with Crippen LogP contribution in [0.2, 0.25) is 0 Å². The zero-order chi connectivity index (χ0) is 8.06. The largest absolute Gasteiger partial charge is 0.298 e. The molecule has 60 valence electrons. The number of hydrogen-bond donors (Lipinski definition) is 0. The first kappa shape index (κ1) is 7.08. The molecule has 3 aliphatic carbocycles. The number of rotatable bonds is 1. The monoisotopic (exact) mass is 150 g/mol. The summed E-state index contributed by atoms with van der Waals surface area (Å²) in [7, 11) is 0. The molecule has 1 heteroatoms. The summed E-state index contributed by atoms with van der Waals surface area (Å²) in [6.07, 6.45) is 5.51. The van der Waals surface area contributed by atoms with Gasteiger partial charge in [0.2, 0.25) is 0 Å². The first-order valence-corrected chi connectivity index (χ1v) is 4.32. The summed E-state index contributed by atoms with van der Waals surface area (Å²) in [4.78, 5) is 10.6.